The smallest absolute Gasteiger partial charge is 0.406 e. The molecular weight excluding hydrogens is 390 g/mol. The van der Waals surface area contributed by atoms with Gasteiger partial charge >= 0.3 is 6.36 Å². The second kappa shape index (κ2) is 8.15. The molecule has 0 fully saturated rings. The van der Waals surface area contributed by atoms with Gasteiger partial charge in [0, 0.05) is 5.69 Å². The number of nitrogens with zero attached hydrogens (tertiary/aromatic N) is 1. The summed E-state index contributed by atoms with van der Waals surface area (Å²) in [7, 11) is 0. The van der Waals surface area contributed by atoms with Crippen molar-refractivity contribution in [3.63, 3.8) is 0 Å². The summed E-state index contributed by atoms with van der Waals surface area (Å²) in [4.78, 5) is 3.82. The predicted molar refractivity (Wildman–Crippen MR) is 80.3 cm³/mol. The van der Waals surface area contributed by atoms with Crippen molar-refractivity contribution >= 4 is 35.6 Å². The summed E-state index contributed by atoms with van der Waals surface area (Å²) in [5.74, 6) is -0.261. The maximum Gasteiger partial charge on any atom is 0.573 e. The molecule has 0 aliphatic heterocycles. The van der Waals surface area contributed by atoms with Crippen LogP contribution in [0.2, 0.25) is 0 Å². The van der Waals surface area contributed by atoms with Crippen LogP contribution in [0.3, 0.4) is 0 Å². The number of hydrogen-bond donors (Lipinski definition) is 3. The van der Waals surface area contributed by atoms with Gasteiger partial charge in [0.05, 0.1) is 12.6 Å². The average Bonchev–Trinajstić information content (AvgIpc) is 2.27. The summed E-state index contributed by atoms with van der Waals surface area (Å²) < 4.78 is 39.5. The van der Waals surface area contributed by atoms with Gasteiger partial charge in [-0.3, -0.25) is 4.99 Å². The Morgan fingerprint density at radius 1 is 1.40 bits per heavy atom. The summed E-state index contributed by atoms with van der Waals surface area (Å²) in [5, 5.41) is 11.7. The molecule has 0 amide bonds. The van der Waals surface area contributed by atoms with Crippen molar-refractivity contribution < 1.29 is 23.0 Å². The van der Waals surface area contributed by atoms with Gasteiger partial charge < -0.3 is 20.9 Å². The molecule has 0 aliphatic carbocycles. The topological polar surface area (TPSA) is 79.9 Å². The Bertz CT molecular complexity index is 436. The van der Waals surface area contributed by atoms with Crippen LogP contribution in [0.4, 0.5) is 18.9 Å². The number of nitrogens with two attached hydrogens (primary N) is 1. The number of rotatable bonds is 4. The molecule has 9 heteroatoms. The molecule has 0 spiro atoms. The highest BCUT2D eigenvalue weighted by atomic mass is 127. The maximum atomic E-state index is 11.9. The largest absolute Gasteiger partial charge is 0.573 e. The fraction of sp³-hybridized carbons (Fsp3) is 0.364. The first-order valence-corrected chi connectivity index (χ1v) is 5.37. The third-order valence-corrected chi connectivity index (χ3v) is 1.89. The molecule has 20 heavy (non-hydrogen) atoms. The summed E-state index contributed by atoms with van der Waals surface area (Å²) in [6.45, 7) is 1.69. The van der Waals surface area contributed by atoms with Gasteiger partial charge in [-0.25, -0.2) is 0 Å². The van der Waals surface area contributed by atoms with E-state index in [1.807, 2.05) is 0 Å². The molecule has 0 bridgehead atoms. The molecule has 0 saturated carbocycles. The molecule has 0 heterocycles. The average molecular weight is 405 g/mol. The van der Waals surface area contributed by atoms with Gasteiger partial charge in [-0.1, -0.05) is 0 Å². The van der Waals surface area contributed by atoms with Crippen LogP contribution < -0.4 is 15.8 Å². The molecule has 0 radical (unpaired) electrons. The molecule has 0 aromatic heterocycles. The number of ether oxygens (including phenoxy) is 1. The van der Waals surface area contributed by atoms with Crippen LogP contribution in [0.25, 0.3) is 0 Å². The molecule has 0 aliphatic rings. The van der Waals surface area contributed by atoms with Gasteiger partial charge in [-0.2, -0.15) is 0 Å². The fourth-order valence-corrected chi connectivity index (χ4v) is 1.16. The third-order valence-electron chi connectivity index (χ3n) is 1.89. The number of anilines is 1. The number of nitrogens with one attached hydrogen (secondary N) is 1. The van der Waals surface area contributed by atoms with Crippen LogP contribution in [-0.4, -0.2) is 30.1 Å². The first kappa shape index (κ1) is 18.8. The summed E-state index contributed by atoms with van der Waals surface area (Å²) in [5.41, 5.74) is 5.97. The maximum absolute atomic E-state index is 11.9. The number of aliphatic imine (C=N–C) groups is 1. The van der Waals surface area contributed by atoms with E-state index < -0.39 is 12.5 Å². The molecule has 1 aromatic rings. The number of guanidine groups is 1. The molecule has 1 aromatic carbocycles. The lowest BCUT2D eigenvalue weighted by atomic mass is 10.3. The van der Waals surface area contributed by atoms with Crippen LogP contribution >= 0.6 is 24.0 Å². The van der Waals surface area contributed by atoms with Crippen molar-refractivity contribution in [2.24, 2.45) is 10.7 Å². The summed E-state index contributed by atoms with van der Waals surface area (Å²) in [6.07, 6.45) is -5.34. The minimum Gasteiger partial charge on any atom is -0.406 e. The van der Waals surface area contributed by atoms with Crippen molar-refractivity contribution in [1.29, 1.82) is 0 Å². The van der Waals surface area contributed by atoms with E-state index in [1.54, 1.807) is 6.92 Å². The van der Waals surface area contributed by atoms with Gasteiger partial charge in [0.1, 0.15) is 5.75 Å². The number of aliphatic hydroxyl groups is 1. The van der Waals surface area contributed by atoms with Gasteiger partial charge in [0.2, 0.25) is 0 Å². The van der Waals surface area contributed by atoms with Crippen molar-refractivity contribution in [1.82, 2.24) is 0 Å². The monoisotopic (exact) mass is 405 g/mol. The molecule has 1 rings (SSSR count). The molecule has 1 atom stereocenters. The van der Waals surface area contributed by atoms with Crippen molar-refractivity contribution in [3.8, 4) is 5.75 Å². The number of aliphatic hydroxyl groups excluding tert-OH is 1. The van der Waals surface area contributed by atoms with E-state index in [4.69, 9.17) is 10.8 Å². The molecule has 114 valence electrons. The van der Waals surface area contributed by atoms with Gasteiger partial charge in [0.15, 0.2) is 5.96 Å². The zero-order valence-electron chi connectivity index (χ0n) is 10.5. The number of hydrogen-bond acceptors (Lipinski definition) is 3. The Morgan fingerprint density at radius 2 is 1.95 bits per heavy atom. The van der Waals surface area contributed by atoms with Gasteiger partial charge in [-0.15, -0.1) is 37.1 Å². The number of halogens is 4. The Hall–Kier alpha value is -1.23. The van der Waals surface area contributed by atoms with Gasteiger partial charge in [0.25, 0.3) is 0 Å². The van der Waals surface area contributed by atoms with E-state index >= 15 is 0 Å². The summed E-state index contributed by atoms with van der Waals surface area (Å²) >= 11 is 0. The summed E-state index contributed by atoms with van der Waals surface area (Å²) in [6, 6.07) is 5.03. The van der Waals surface area contributed by atoms with Crippen LogP contribution in [0.1, 0.15) is 6.92 Å². The zero-order chi connectivity index (χ0) is 14.5. The second-order valence-electron chi connectivity index (χ2n) is 3.77. The highest BCUT2D eigenvalue weighted by Gasteiger charge is 2.30. The minimum atomic E-state index is -4.72. The second-order valence-corrected chi connectivity index (χ2v) is 3.77. The number of alkyl halides is 3. The van der Waals surface area contributed by atoms with E-state index in [0.29, 0.717) is 5.69 Å². The lowest BCUT2D eigenvalue weighted by Gasteiger charge is -2.10. The van der Waals surface area contributed by atoms with E-state index in [2.05, 4.69) is 15.0 Å². The normalized spacial score (nSPS) is 13.3. The van der Waals surface area contributed by atoms with Gasteiger partial charge in [-0.05, 0) is 31.2 Å². The van der Waals surface area contributed by atoms with Crippen molar-refractivity contribution in [2.75, 3.05) is 11.9 Å². The van der Waals surface area contributed by atoms with Crippen LogP contribution in [0.5, 0.6) is 5.75 Å². The molecule has 0 saturated heterocycles. The van der Waals surface area contributed by atoms with Crippen LogP contribution in [0.15, 0.2) is 29.3 Å². The predicted octanol–water partition coefficient (Wildman–Crippen LogP) is 2.31. The van der Waals surface area contributed by atoms with Crippen molar-refractivity contribution in [3.05, 3.63) is 24.3 Å². The number of benzene rings is 1. The van der Waals surface area contributed by atoms with E-state index in [-0.39, 0.29) is 42.2 Å². The molecule has 4 N–H and O–H groups in total. The van der Waals surface area contributed by atoms with E-state index in [0.717, 1.165) is 12.1 Å². The highest BCUT2D eigenvalue weighted by molar-refractivity contribution is 14.0. The van der Waals surface area contributed by atoms with E-state index in [1.165, 1.54) is 12.1 Å². The Balaban J connectivity index is 0.00000361. The lowest BCUT2D eigenvalue weighted by molar-refractivity contribution is -0.274. The molecule has 5 nitrogen and oxygen atoms in total. The Labute approximate surface area is 131 Å². The first-order valence-electron chi connectivity index (χ1n) is 5.37. The quantitative estimate of drug-likeness (QED) is 0.408. The first-order chi connectivity index (χ1) is 8.76. The molecule has 1 unspecified atom stereocenters. The minimum absolute atomic E-state index is 0. The SMILES string of the molecule is CC(O)CN=C(N)Nc1ccc(OC(F)(F)F)cc1.I. The third kappa shape index (κ3) is 8.04. The lowest BCUT2D eigenvalue weighted by Crippen LogP contribution is -2.24. The van der Waals surface area contributed by atoms with E-state index in [9.17, 15) is 13.2 Å². The Kier molecular flexibility index (Phi) is 7.64. The van der Waals surface area contributed by atoms with Crippen molar-refractivity contribution in [2.45, 2.75) is 19.4 Å². The highest BCUT2D eigenvalue weighted by Crippen LogP contribution is 2.23. The fourth-order valence-electron chi connectivity index (χ4n) is 1.16. The Morgan fingerprint density at radius 3 is 2.40 bits per heavy atom. The molecular formula is C11H15F3IN3O2. The van der Waals surface area contributed by atoms with Crippen LogP contribution in [0, 0.1) is 0 Å². The van der Waals surface area contributed by atoms with Crippen LogP contribution in [-0.2, 0) is 0 Å². The standard InChI is InChI=1S/C11H14F3N3O2.HI/c1-7(18)6-16-10(15)17-8-2-4-9(5-3-8)19-11(12,13)14;/h2-5,7,18H,6H2,1H3,(H3,15,16,17);1H. The zero-order valence-corrected chi connectivity index (χ0v) is 12.8.